The Labute approximate surface area is 190 Å². The summed E-state index contributed by atoms with van der Waals surface area (Å²) in [6.07, 6.45) is 8.40. The zero-order valence-corrected chi connectivity index (χ0v) is 19.1. The first-order valence-corrected chi connectivity index (χ1v) is 11.6. The lowest BCUT2D eigenvalue weighted by molar-refractivity contribution is -0.000265. The van der Waals surface area contributed by atoms with E-state index in [2.05, 4.69) is 34.8 Å². The minimum absolute atomic E-state index is 0.0197. The number of amides is 1. The van der Waals surface area contributed by atoms with E-state index in [-0.39, 0.29) is 23.7 Å². The Bertz CT molecular complexity index is 932. The van der Waals surface area contributed by atoms with Gasteiger partial charge in [0.15, 0.2) is 0 Å². The molecule has 170 valence electrons. The van der Waals surface area contributed by atoms with Gasteiger partial charge in [-0.2, -0.15) is 5.26 Å². The van der Waals surface area contributed by atoms with Gasteiger partial charge in [-0.25, -0.2) is 9.78 Å². The van der Waals surface area contributed by atoms with Gasteiger partial charge in [-0.1, -0.05) is 26.0 Å². The Morgan fingerprint density at radius 3 is 2.81 bits per heavy atom. The predicted octanol–water partition coefficient (Wildman–Crippen LogP) is 4.12. The normalized spacial score (nSPS) is 23.5. The van der Waals surface area contributed by atoms with Crippen molar-refractivity contribution in [3.8, 4) is 6.07 Å². The number of piperazine rings is 1. The lowest BCUT2D eigenvalue weighted by Gasteiger charge is -2.42. The van der Waals surface area contributed by atoms with Crippen LogP contribution < -0.4 is 0 Å². The summed E-state index contributed by atoms with van der Waals surface area (Å²) in [7, 11) is 0. The number of rotatable bonds is 5. The molecule has 4 rings (SSSR count). The Kier molecular flexibility index (Phi) is 6.80. The van der Waals surface area contributed by atoms with E-state index in [9.17, 15) is 4.79 Å². The number of ether oxygens (including phenoxy) is 1. The molecular formula is C25H33N5O2. The molecule has 1 saturated heterocycles. The Hall–Kier alpha value is -2.85. The van der Waals surface area contributed by atoms with Crippen LogP contribution in [-0.2, 0) is 17.7 Å². The molecule has 2 atom stereocenters. The number of aromatic nitrogens is 2. The minimum Gasteiger partial charge on any atom is -0.446 e. The highest BCUT2D eigenvalue weighted by Crippen LogP contribution is 2.36. The van der Waals surface area contributed by atoms with E-state index in [0.717, 1.165) is 50.0 Å². The average molecular weight is 436 g/mol. The molecule has 2 aromatic rings. The monoisotopic (exact) mass is 435 g/mol. The molecule has 1 saturated carbocycles. The van der Waals surface area contributed by atoms with Gasteiger partial charge in [0, 0.05) is 44.1 Å². The number of benzene rings is 1. The topological polar surface area (TPSA) is 85.2 Å². The number of hydrogen-bond donors (Lipinski definition) is 1. The molecule has 1 aliphatic heterocycles. The first-order chi connectivity index (χ1) is 15.4. The van der Waals surface area contributed by atoms with Gasteiger partial charge in [0.25, 0.3) is 0 Å². The molecule has 1 amide bonds. The van der Waals surface area contributed by atoms with Crippen molar-refractivity contribution in [1.29, 1.82) is 5.26 Å². The number of imidazole rings is 1. The van der Waals surface area contributed by atoms with Crippen LogP contribution in [0.5, 0.6) is 0 Å². The van der Waals surface area contributed by atoms with E-state index < -0.39 is 0 Å². The Balaban J connectivity index is 1.43. The number of H-pyrrole nitrogens is 1. The van der Waals surface area contributed by atoms with Crippen molar-refractivity contribution in [1.82, 2.24) is 19.8 Å². The van der Waals surface area contributed by atoms with Gasteiger partial charge in [0.05, 0.1) is 18.0 Å². The standard InChI is InChI=1S/C25H33N5O2/c1-25(2)9-3-4-23(13-25)32-24(31)30-11-10-29(16-21-15-27-18-28-21)22(17-30)12-19-5-7-20(14-26)8-6-19/h5-8,15,18,22-23H,3-4,9-13,16-17H2,1-2H3,(H,27,28). The SMILES string of the molecule is CC1(C)CCCC(OC(=O)N2CCN(Cc3cnc[nH]3)C(Cc3ccc(C#N)cc3)C2)C1. The van der Waals surface area contributed by atoms with Crippen LogP contribution in [0.3, 0.4) is 0 Å². The van der Waals surface area contributed by atoms with E-state index in [0.29, 0.717) is 18.7 Å². The lowest BCUT2D eigenvalue weighted by atomic mass is 9.76. The number of carbonyl (C=O) groups is 1. The molecule has 2 fully saturated rings. The smallest absolute Gasteiger partial charge is 0.410 e. The van der Waals surface area contributed by atoms with Gasteiger partial charge in [-0.05, 0) is 55.2 Å². The summed E-state index contributed by atoms with van der Waals surface area (Å²) < 4.78 is 5.95. The van der Waals surface area contributed by atoms with Crippen LogP contribution in [0.25, 0.3) is 0 Å². The number of carbonyl (C=O) groups excluding carboxylic acids is 1. The highest BCUT2D eigenvalue weighted by atomic mass is 16.6. The molecular weight excluding hydrogens is 402 g/mol. The van der Waals surface area contributed by atoms with E-state index >= 15 is 0 Å². The summed E-state index contributed by atoms with van der Waals surface area (Å²) in [4.78, 5) is 24.6. The lowest BCUT2D eigenvalue weighted by Crippen LogP contribution is -2.55. The van der Waals surface area contributed by atoms with Crippen LogP contribution in [0, 0.1) is 16.7 Å². The Morgan fingerprint density at radius 2 is 2.12 bits per heavy atom. The van der Waals surface area contributed by atoms with Crippen LogP contribution in [0.1, 0.15) is 56.4 Å². The third kappa shape index (κ3) is 5.68. The molecule has 2 heterocycles. The molecule has 1 aliphatic carbocycles. The molecule has 0 radical (unpaired) electrons. The number of nitrogens with one attached hydrogen (secondary N) is 1. The summed E-state index contributed by atoms with van der Waals surface area (Å²) in [6.45, 7) is 7.35. The molecule has 0 bridgehead atoms. The molecule has 2 aliphatic rings. The van der Waals surface area contributed by atoms with E-state index in [4.69, 9.17) is 10.00 Å². The largest absolute Gasteiger partial charge is 0.446 e. The first kappa shape index (κ1) is 22.3. The highest BCUT2D eigenvalue weighted by molar-refractivity contribution is 5.68. The first-order valence-electron chi connectivity index (χ1n) is 11.6. The van der Waals surface area contributed by atoms with Crippen LogP contribution in [-0.4, -0.2) is 57.6 Å². The van der Waals surface area contributed by atoms with E-state index in [1.165, 1.54) is 6.42 Å². The molecule has 1 N–H and O–H groups in total. The highest BCUT2D eigenvalue weighted by Gasteiger charge is 2.34. The number of hydrogen-bond acceptors (Lipinski definition) is 5. The maximum Gasteiger partial charge on any atom is 0.410 e. The third-order valence-corrected chi connectivity index (χ3v) is 6.77. The average Bonchev–Trinajstić information content (AvgIpc) is 3.28. The van der Waals surface area contributed by atoms with Gasteiger partial charge in [0.2, 0.25) is 0 Å². The van der Waals surface area contributed by atoms with E-state index in [1.54, 1.807) is 6.33 Å². The molecule has 7 nitrogen and oxygen atoms in total. The van der Waals surface area contributed by atoms with Crippen molar-refractivity contribution in [3.05, 3.63) is 53.6 Å². The van der Waals surface area contributed by atoms with Crippen molar-refractivity contribution in [3.63, 3.8) is 0 Å². The molecule has 1 aromatic carbocycles. The van der Waals surface area contributed by atoms with Gasteiger partial charge in [-0.3, -0.25) is 4.90 Å². The zero-order valence-electron chi connectivity index (χ0n) is 19.1. The van der Waals surface area contributed by atoms with Crippen molar-refractivity contribution < 1.29 is 9.53 Å². The van der Waals surface area contributed by atoms with Crippen molar-refractivity contribution in [2.24, 2.45) is 5.41 Å². The minimum atomic E-state index is -0.182. The fourth-order valence-electron chi connectivity index (χ4n) is 4.98. The van der Waals surface area contributed by atoms with Crippen LogP contribution in [0.4, 0.5) is 4.79 Å². The van der Waals surface area contributed by atoms with Crippen molar-refractivity contribution in [2.45, 2.75) is 64.6 Å². The van der Waals surface area contributed by atoms with Gasteiger partial charge in [-0.15, -0.1) is 0 Å². The molecule has 0 spiro atoms. The third-order valence-electron chi connectivity index (χ3n) is 6.77. The second-order valence-corrected chi connectivity index (χ2v) is 9.93. The fourth-order valence-corrected chi connectivity index (χ4v) is 4.98. The molecule has 1 aromatic heterocycles. The van der Waals surface area contributed by atoms with Gasteiger partial charge >= 0.3 is 6.09 Å². The number of nitriles is 1. The van der Waals surface area contributed by atoms with Crippen LogP contribution in [0.15, 0.2) is 36.8 Å². The van der Waals surface area contributed by atoms with Crippen LogP contribution >= 0.6 is 0 Å². The van der Waals surface area contributed by atoms with E-state index in [1.807, 2.05) is 35.4 Å². The summed E-state index contributed by atoms with van der Waals surface area (Å²) in [6, 6.07) is 10.1. The summed E-state index contributed by atoms with van der Waals surface area (Å²) >= 11 is 0. The summed E-state index contributed by atoms with van der Waals surface area (Å²) in [5.74, 6) is 0. The number of aromatic amines is 1. The second kappa shape index (κ2) is 9.74. The predicted molar refractivity (Wildman–Crippen MR) is 122 cm³/mol. The van der Waals surface area contributed by atoms with Crippen LogP contribution in [0.2, 0.25) is 0 Å². The summed E-state index contributed by atoms with van der Waals surface area (Å²) in [5, 5.41) is 9.07. The number of nitrogens with zero attached hydrogens (tertiary/aromatic N) is 4. The fraction of sp³-hybridized carbons (Fsp3) is 0.560. The van der Waals surface area contributed by atoms with Crippen molar-refractivity contribution >= 4 is 6.09 Å². The second-order valence-electron chi connectivity index (χ2n) is 9.93. The quantitative estimate of drug-likeness (QED) is 0.764. The maximum absolute atomic E-state index is 13.0. The van der Waals surface area contributed by atoms with Gasteiger partial charge < -0.3 is 14.6 Å². The maximum atomic E-state index is 13.0. The Morgan fingerprint density at radius 1 is 1.31 bits per heavy atom. The molecule has 32 heavy (non-hydrogen) atoms. The molecule has 7 heteroatoms. The van der Waals surface area contributed by atoms with Crippen molar-refractivity contribution in [2.75, 3.05) is 19.6 Å². The zero-order chi connectivity index (χ0) is 22.6. The van der Waals surface area contributed by atoms with Gasteiger partial charge in [0.1, 0.15) is 6.10 Å². The molecule has 2 unspecified atom stereocenters. The summed E-state index contributed by atoms with van der Waals surface area (Å²) in [5.41, 5.74) is 3.12.